The molecule has 0 spiro atoms. The molecule has 0 saturated carbocycles. The Morgan fingerprint density at radius 1 is 1.26 bits per heavy atom. The number of rotatable bonds is 2. The number of amides is 1. The number of hydrogen-bond acceptors (Lipinski definition) is 4. The van der Waals surface area contributed by atoms with Crippen molar-refractivity contribution in [3.8, 4) is 0 Å². The lowest BCUT2D eigenvalue weighted by atomic mass is 10.2. The molecular weight excluding hydrogens is 242 g/mol. The molecule has 0 aliphatic carbocycles. The summed E-state index contributed by atoms with van der Waals surface area (Å²) in [5.41, 5.74) is 2.12. The maximum atomic E-state index is 12.1. The number of pyridine rings is 2. The average molecular weight is 253 g/mol. The minimum absolute atomic E-state index is 0.310. The fourth-order valence-corrected chi connectivity index (χ4v) is 1.75. The number of H-pyrrole nitrogens is 1. The van der Waals surface area contributed by atoms with Gasteiger partial charge in [-0.25, -0.2) is 4.98 Å². The second-order valence-electron chi connectivity index (χ2n) is 4.17. The monoisotopic (exact) mass is 253 g/mol. The number of fused-ring (bicyclic) bond motifs is 1. The summed E-state index contributed by atoms with van der Waals surface area (Å²) in [4.78, 5) is 20.2. The molecule has 0 radical (unpaired) electrons. The van der Waals surface area contributed by atoms with Crippen molar-refractivity contribution in [1.29, 1.82) is 0 Å². The largest absolute Gasteiger partial charge is 0.305 e. The summed E-state index contributed by atoms with van der Waals surface area (Å²) >= 11 is 0. The lowest BCUT2D eigenvalue weighted by Crippen LogP contribution is -2.13. The van der Waals surface area contributed by atoms with Crippen LogP contribution >= 0.6 is 0 Å². The van der Waals surface area contributed by atoms with Gasteiger partial charge in [-0.2, -0.15) is 5.10 Å². The molecule has 0 fully saturated rings. The smallest absolute Gasteiger partial charge is 0.278 e. The van der Waals surface area contributed by atoms with E-state index in [0.717, 1.165) is 11.1 Å². The molecule has 0 bridgehead atoms. The molecule has 3 aromatic heterocycles. The number of nitrogens with zero attached hydrogens (tertiary/aromatic N) is 3. The first kappa shape index (κ1) is 11.3. The van der Waals surface area contributed by atoms with E-state index in [4.69, 9.17) is 0 Å². The van der Waals surface area contributed by atoms with E-state index in [1.807, 2.05) is 13.0 Å². The first-order valence-corrected chi connectivity index (χ1v) is 5.76. The average Bonchev–Trinajstić information content (AvgIpc) is 2.85. The second kappa shape index (κ2) is 4.49. The molecule has 0 saturated heterocycles. The highest BCUT2D eigenvalue weighted by Crippen LogP contribution is 2.15. The molecule has 1 amide bonds. The van der Waals surface area contributed by atoms with Crippen molar-refractivity contribution < 1.29 is 4.79 Å². The van der Waals surface area contributed by atoms with Crippen LogP contribution in [0.4, 0.5) is 5.82 Å². The highest BCUT2D eigenvalue weighted by molar-refractivity contribution is 6.10. The zero-order chi connectivity index (χ0) is 13.2. The van der Waals surface area contributed by atoms with Gasteiger partial charge in [-0.05, 0) is 24.6 Å². The van der Waals surface area contributed by atoms with Gasteiger partial charge < -0.3 is 5.32 Å². The van der Waals surface area contributed by atoms with Crippen LogP contribution in [0.2, 0.25) is 0 Å². The molecule has 0 unspecified atom stereocenters. The Morgan fingerprint density at radius 2 is 2.16 bits per heavy atom. The van der Waals surface area contributed by atoms with Crippen LogP contribution in [-0.2, 0) is 0 Å². The molecule has 19 heavy (non-hydrogen) atoms. The molecule has 0 atom stereocenters. The third-order valence-corrected chi connectivity index (χ3v) is 2.73. The first-order chi connectivity index (χ1) is 9.24. The number of carbonyl (C=O) groups is 1. The highest BCUT2D eigenvalue weighted by atomic mass is 16.2. The SMILES string of the molecule is Cc1ccc(NC(=O)c2n[nH]c3ccncc23)nc1. The molecule has 0 aromatic carbocycles. The van der Waals surface area contributed by atoms with Crippen LogP contribution in [-0.4, -0.2) is 26.1 Å². The molecule has 6 nitrogen and oxygen atoms in total. The lowest BCUT2D eigenvalue weighted by Gasteiger charge is -2.02. The van der Waals surface area contributed by atoms with Crippen molar-refractivity contribution in [3.63, 3.8) is 0 Å². The number of aromatic amines is 1. The second-order valence-corrected chi connectivity index (χ2v) is 4.17. The van der Waals surface area contributed by atoms with Gasteiger partial charge >= 0.3 is 0 Å². The molecule has 3 aromatic rings. The lowest BCUT2D eigenvalue weighted by molar-refractivity contribution is 0.102. The van der Waals surface area contributed by atoms with Gasteiger partial charge in [0.05, 0.1) is 10.9 Å². The van der Waals surface area contributed by atoms with Crippen molar-refractivity contribution in [1.82, 2.24) is 20.2 Å². The Kier molecular flexibility index (Phi) is 2.68. The maximum absolute atomic E-state index is 12.1. The van der Waals surface area contributed by atoms with Gasteiger partial charge in [-0.3, -0.25) is 14.9 Å². The van der Waals surface area contributed by atoms with Gasteiger partial charge in [0.1, 0.15) is 5.82 Å². The molecule has 3 heterocycles. The summed E-state index contributed by atoms with van der Waals surface area (Å²) in [7, 11) is 0. The van der Waals surface area contributed by atoms with E-state index in [-0.39, 0.29) is 5.91 Å². The number of aryl methyl sites for hydroxylation is 1. The van der Waals surface area contributed by atoms with E-state index in [0.29, 0.717) is 16.9 Å². The fraction of sp³-hybridized carbons (Fsp3) is 0.0769. The zero-order valence-corrected chi connectivity index (χ0v) is 10.2. The van der Waals surface area contributed by atoms with Crippen LogP contribution in [0.3, 0.4) is 0 Å². The molecule has 6 heteroatoms. The normalized spacial score (nSPS) is 10.6. The van der Waals surface area contributed by atoms with Gasteiger partial charge in [-0.15, -0.1) is 0 Å². The summed E-state index contributed by atoms with van der Waals surface area (Å²) in [6.45, 7) is 1.94. The topological polar surface area (TPSA) is 83.6 Å². The number of hydrogen-bond donors (Lipinski definition) is 2. The number of carbonyl (C=O) groups excluding carboxylic acids is 1. The van der Waals surface area contributed by atoms with Gasteiger partial charge in [0.25, 0.3) is 5.91 Å². The molecule has 2 N–H and O–H groups in total. The third-order valence-electron chi connectivity index (χ3n) is 2.73. The molecular formula is C13H11N5O. The Balaban J connectivity index is 1.90. The minimum Gasteiger partial charge on any atom is -0.305 e. The number of anilines is 1. The summed E-state index contributed by atoms with van der Waals surface area (Å²) in [5.74, 6) is 0.186. The van der Waals surface area contributed by atoms with Crippen LogP contribution in [0.5, 0.6) is 0 Å². The summed E-state index contributed by atoms with van der Waals surface area (Å²) in [5, 5.41) is 10.2. The Morgan fingerprint density at radius 3 is 2.95 bits per heavy atom. The summed E-state index contributed by atoms with van der Waals surface area (Å²) in [6, 6.07) is 5.40. The Labute approximate surface area is 108 Å². The molecule has 0 aliphatic heterocycles. The van der Waals surface area contributed by atoms with Gasteiger partial charge in [0.15, 0.2) is 5.69 Å². The third kappa shape index (κ3) is 2.15. The Hall–Kier alpha value is -2.76. The van der Waals surface area contributed by atoms with E-state index in [1.54, 1.807) is 30.7 Å². The van der Waals surface area contributed by atoms with Crippen LogP contribution in [0.15, 0.2) is 36.8 Å². The van der Waals surface area contributed by atoms with Crippen LogP contribution < -0.4 is 5.32 Å². The van der Waals surface area contributed by atoms with Crippen molar-refractivity contribution in [2.45, 2.75) is 6.92 Å². The minimum atomic E-state index is -0.310. The fourth-order valence-electron chi connectivity index (χ4n) is 1.75. The van der Waals surface area contributed by atoms with Gasteiger partial charge in [0, 0.05) is 18.6 Å². The van der Waals surface area contributed by atoms with Crippen molar-refractivity contribution in [2.75, 3.05) is 5.32 Å². The van der Waals surface area contributed by atoms with E-state index < -0.39 is 0 Å². The van der Waals surface area contributed by atoms with Crippen molar-refractivity contribution in [3.05, 3.63) is 48.0 Å². The Bertz CT molecular complexity index is 732. The van der Waals surface area contributed by atoms with Crippen LogP contribution in [0, 0.1) is 6.92 Å². The first-order valence-electron chi connectivity index (χ1n) is 5.76. The molecule has 3 rings (SSSR count). The van der Waals surface area contributed by atoms with E-state index in [1.165, 1.54) is 0 Å². The van der Waals surface area contributed by atoms with Crippen LogP contribution in [0.1, 0.15) is 16.1 Å². The maximum Gasteiger partial charge on any atom is 0.278 e. The molecule has 94 valence electrons. The summed E-state index contributed by atoms with van der Waals surface area (Å²) in [6.07, 6.45) is 4.94. The number of nitrogens with one attached hydrogen (secondary N) is 2. The van der Waals surface area contributed by atoms with E-state index in [2.05, 4.69) is 25.5 Å². The predicted octanol–water partition coefficient (Wildman–Crippen LogP) is 1.91. The highest BCUT2D eigenvalue weighted by Gasteiger charge is 2.14. The van der Waals surface area contributed by atoms with E-state index in [9.17, 15) is 4.79 Å². The predicted molar refractivity (Wildman–Crippen MR) is 70.8 cm³/mol. The standard InChI is InChI=1S/C13H11N5O/c1-8-2-3-11(15-6-8)16-13(19)12-9-7-14-5-4-10(9)17-18-12/h2-7H,1H3,(H,17,18)(H,15,16,19). The zero-order valence-electron chi connectivity index (χ0n) is 10.2. The quantitative estimate of drug-likeness (QED) is 0.730. The van der Waals surface area contributed by atoms with Crippen molar-refractivity contribution >= 4 is 22.6 Å². The summed E-state index contributed by atoms with van der Waals surface area (Å²) < 4.78 is 0. The van der Waals surface area contributed by atoms with Gasteiger partial charge in [-0.1, -0.05) is 6.07 Å². The molecule has 0 aliphatic rings. The van der Waals surface area contributed by atoms with Crippen molar-refractivity contribution in [2.24, 2.45) is 0 Å². The van der Waals surface area contributed by atoms with Gasteiger partial charge in [0.2, 0.25) is 0 Å². The van der Waals surface area contributed by atoms with E-state index >= 15 is 0 Å². The van der Waals surface area contributed by atoms with Crippen LogP contribution in [0.25, 0.3) is 10.9 Å². The number of aromatic nitrogens is 4.